The van der Waals surface area contributed by atoms with Gasteiger partial charge in [0.25, 0.3) is 0 Å². The number of hydrogen-bond donors (Lipinski definition) is 1. The molecule has 4 atom stereocenters. The predicted octanol–water partition coefficient (Wildman–Crippen LogP) is 2.52. The summed E-state index contributed by atoms with van der Waals surface area (Å²) in [6, 6.07) is 1.33. The van der Waals surface area contributed by atoms with Crippen molar-refractivity contribution in [3.05, 3.63) is 12.2 Å². The Morgan fingerprint density at radius 1 is 1.24 bits per heavy atom. The van der Waals surface area contributed by atoms with Crippen LogP contribution < -0.4 is 5.32 Å². The third-order valence-electron chi connectivity index (χ3n) is 4.78. The first-order chi connectivity index (χ1) is 8.08. The normalized spacial score (nSPS) is 32.9. The highest BCUT2D eigenvalue weighted by atomic mass is 15.1. The molecule has 0 aromatic carbocycles. The molecule has 2 nitrogen and oxygen atoms in total. The monoisotopic (exact) mass is 236 g/mol. The molecule has 1 N–H and O–H groups in total. The first kappa shape index (κ1) is 13.1. The van der Waals surface area contributed by atoms with Gasteiger partial charge in [0.1, 0.15) is 0 Å². The zero-order valence-corrected chi connectivity index (χ0v) is 11.8. The van der Waals surface area contributed by atoms with Crippen LogP contribution in [0.3, 0.4) is 0 Å². The van der Waals surface area contributed by atoms with Crippen molar-refractivity contribution in [2.75, 3.05) is 20.1 Å². The smallest absolute Gasteiger partial charge is 0.0107 e. The molecule has 2 bridgehead atoms. The summed E-state index contributed by atoms with van der Waals surface area (Å²) < 4.78 is 0. The average molecular weight is 236 g/mol. The minimum absolute atomic E-state index is 0.650. The van der Waals surface area contributed by atoms with Crippen LogP contribution in [-0.2, 0) is 0 Å². The minimum atomic E-state index is 0.650. The second-order valence-corrected chi connectivity index (χ2v) is 6.26. The van der Waals surface area contributed by atoms with Crippen LogP contribution in [0.25, 0.3) is 0 Å². The van der Waals surface area contributed by atoms with Crippen LogP contribution >= 0.6 is 0 Å². The lowest BCUT2D eigenvalue weighted by Gasteiger charge is -2.28. The molecule has 0 aromatic rings. The molecule has 2 heteroatoms. The molecular weight excluding hydrogens is 208 g/mol. The number of fused-ring (bicyclic) bond motifs is 2. The lowest BCUT2D eigenvalue weighted by molar-refractivity contribution is 0.255. The molecule has 0 spiro atoms. The van der Waals surface area contributed by atoms with Crippen molar-refractivity contribution in [3.63, 3.8) is 0 Å². The highest BCUT2D eigenvalue weighted by Gasteiger charge is 2.38. The molecule has 2 aliphatic rings. The number of nitrogens with zero attached hydrogens (tertiary/aromatic N) is 1. The van der Waals surface area contributed by atoms with Crippen LogP contribution in [0.1, 0.15) is 33.6 Å². The van der Waals surface area contributed by atoms with Gasteiger partial charge in [-0.25, -0.2) is 0 Å². The van der Waals surface area contributed by atoms with E-state index in [1.54, 1.807) is 0 Å². The maximum absolute atomic E-state index is 3.72. The van der Waals surface area contributed by atoms with Gasteiger partial charge < -0.3 is 10.2 Å². The Hall–Kier alpha value is -0.340. The Bertz CT molecular complexity index is 272. The summed E-state index contributed by atoms with van der Waals surface area (Å²) in [6.45, 7) is 9.15. The number of nitrogens with one attached hydrogen (secondary N) is 1. The van der Waals surface area contributed by atoms with Crippen molar-refractivity contribution in [2.45, 2.75) is 45.7 Å². The topological polar surface area (TPSA) is 15.3 Å². The van der Waals surface area contributed by atoms with Gasteiger partial charge in [-0.15, -0.1) is 0 Å². The lowest BCUT2D eigenvalue weighted by Crippen LogP contribution is -2.41. The van der Waals surface area contributed by atoms with E-state index in [-0.39, 0.29) is 0 Å². The van der Waals surface area contributed by atoms with E-state index >= 15 is 0 Å². The second kappa shape index (κ2) is 5.53. The molecule has 98 valence electrons. The SMILES string of the molecule is CC(NCCN(C)C(C)C)C1CC2C=CC1C2. The Morgan fingerprint density at radius 3 is 2.53 bits per heavy atom. The van der Waals surface area contributed by atoms with Crippen molar-refractivity contribution >= 4 is 0 Å². The molecule has 4 unspecified atom stereocenters. The van der Waals surface area contributed by atoms with Gasteiger partial charge in [0.2, 0.25) is 0 Å². The number of allylic oxidation sites excluding steroid dienone is 2. The van der Waals surface area contributed by atoms with Crippen LogP contribution in [0.4, 0.5) is 0 Å². The quantitative estimate of drug-likeness (QED) is 0.713. The van der Waals surface area contributed by atoms with Gasteiger partial charge in [-0.3, -0.25) is 0 Å². The number of hydrogen-bond acceptors (Lipinski definition) is 2. The van der Waals surface area contributed by atoms with Crippen molar-refractivity contribution in [1.82, 2.24) is 10.2 Å². The van der Waals surface area contributed by atoms with E-state index in [2.05, 4.69) is 50.2 Å². The molecule has 0 aromatic heterocycles. The molecule has 0 radical (unpaired) electrons. The Labute approximate surface area is 106 Å². The fourth-order valence-electron chi connectivity index (χ4n) is 3.28. The molecule has 1 fully saturated rings. The zero-order valence-electron chi connectivity index (χ0n) is 11.8. The minimum Gasteiger partial charge on any atom is -0.313 e. The summed E-state index contributed by atoms with van der Waals surface area (Å²) in [5, 5.41) is 3.72. The standard InChI is InChI=1S/C15H28N2/c1-11(2)17(4)8-7-16-12(3)15-10-13-5-6-14(15)9-13/h5-6,11-16H,7-10H2,1-4H3. The van der Waals surface area contributed by atoms with Crippen LogP contribution in [0.5, 0.6) is 0 Å². The molecule has 0 heterocycles. The van der Waals surface area contributed by atoms with E-state index in [4.69, 9.17) is 0 Å². The van der Waals surface area contributed by atoms with Gasteiger partial charge in [0.05, 0.1) is 0 Å². The zero-order chi connectivity index (χ0) is 12.4. The third kappa shape index (κ3) is 3.11. The fourth-order valence-corrected chi connectivity index (χ4v) is 3.28. The van der Waals surface area contributed by atoms with Crippen LogP contribution in [-0.4, -0.2) is 37.1 Å². The first-order valence-corrected chi connectivity index (χ1v) is 7.20. The summed E-state index contributed by atoms with van der Waals surface area (Å²) in [7, 11) is 2.21. The third-order valence-corrected chi connectivity index (χ3v) is 4.78. The van der Waals surface area contributed by atoms with Crippen LogP contribution in [0, 0.1) is 17.8 Å². The molecule has 0 amide bonds. The second-order valence-electron chi connectivity index (χ2n) is 6.26. The summed E-state index contributed by atoms with van der Waals surface area (Å²) in [4.78, 5) is 2.40. The maximum Gasteiger partial charge on any atom is 0.0107 e. The molecule has 2 aliphatic carbocycles. The van der Waals surface area contributed by atoms with Crippen molar-refractivity contribution in [3.8, 4) is 0 Å². The number of likely N-dealkylation sites (N-methyl/N-ethyl adjacent to an activating group) is 1. The summed E-state index contributed by atoms with van der Waals surface area (Å²) in [6.07, 6.45) is 7.72. The van der Waals surface area contributed by atoms with E-state index in [0.717, 1.165) is 30.8 Å². The van der Waals surface area contributed by atoms with Gasteiger partial charge >= 0.3 is 0 Å². The summed E-state index contributed by atoms with van der Waals surface area (Å²) >= 11 is 0. The Kier molecular flexibility index (Phi) is 4.26. The summed E-state index contributed by atoms with van der Waals surface area (Å²) in [5.74, 6) is 2.65. The van der Waals surface area contributed by atoms with E-state index in [9.17, 15) is 0 Å². The van der Waals surface area contributed by atoms with E-state index < -0.39 is 0 Å². The van der Waals surface area contributed by atoms with E-state index in [1.807, 2.05) is 0 Å². The van der Waals surface area contributed by atoms with Crippen LogP contribution in [0.15, 0.2) is 12.2 Å². The molecule has 2 rings (SSSR count). The van der Waals surface area contributed by atoms with Gasteiger partial charge in [-0.1, -0.05) is 12.2 Å². The summed E-state index contributed by atoms with van der Waals surface area (Å²) in [5.41, 5.74) is 0. The first-order valence-electron chi connectivity index (χ1n) is 7.20. The van der Waals surface area contributed by atoms with Crippen LogP contribution in [0.2, 0.25) is 0 Å². The van der Waals surface area contributed by atoms with Crippen molar-refractivity contribution in [2.24, 2.45) is 17.8 Å². The van der Waals surface area contributed by atoms with E-state index in [1.165, 1.54) is 12.8 Å². The van der Waals surface area contributed by atoms with E-state index in [0.29, 0.717) is 12.1 Å². The molecule has 1 saturated carbocycles. The highest BCUT2D eigenvalue weighted by molar-refractivity contribution is 5.11. The largest absolute Gasteiger partial charge is 0.313 e. The molecular formula is C15H28N2. The van der Waals surface area contributed by atoms with Crippen molar-refractivity contribution < 1.29 is 0 Å². The van der Waals surface area contributed by atoms with Gasteiger partial charge in [-0.05, 0) is 58.4 Å². The lowest BCUT2D eigenvalue weighted by atomic mass is 9.87. The number of rotatable bonds is 6. The molecule has 0 aliphatic heterocycles. The Morgan fingerprint density at radius 2 is 2.00 bits per heavy atom. The van der Waals surface area contributed by atoms with Gasteiger partial charge in [0, 0.05) is 25.2 Å². The van der Waals surface area contributed by atoms with Crippen molar-refractivity contribution in [1.29, 1.82) is 0 Å². The molecule has 0 saturated heterocycles. The maximum atomic E-state index is 3.72. The van der Waals surface area contributed by atoms with Gasteiger partial charge in [0.15, 0.2) is 0 Å². The highest BCUT2D eigenvalue weighted by Crippen LogP contribution is 2.44. The fraction of sp³-hybridized carbons (Fsp3) is 0.867. The molecule has 17 heavy (non-hydrogen) atoms. The Balaban J connectivity index is 1.68. The van der Waals surface area contributed by atoms with Gasteiger partial charge in [-0.2, -0.15) is 0 Å². The average Bonchev–Trinajstić information content (AvgIpc) is 2.90. The predicted molar refractivity (Wildman–Crippen MR) is 74.1 cm³/mol.